The molecular weight excluding hydrogens is 326 g/mol. The fourth-order valence-corrected chi connectivity index (χ4v) is 3.29. The molecule has 2 N–H and O–H groups in total. The minimum atomic E-state index is -0.118. The fourth-order valence-electron chi connectivity index (χ4n) is 2.57. The summed E-state index contributed by atoms with van der Waals surface area (Å²) < 4.78 is 0. The molecule has 0 bridgehead atoms. The van der Waals surface area contributed by atoms with Gasteiger partial charge < -0.3 is 15.3 Å². The highest BCUT2D eigenvalue weighted by Crippen LogP contribution is 2.31. The zero-order valence-corrected chi connectivity index (χ0v) is 14.4. The number of anilines is 2. The van der Waals surface area contributed by atoms with Crippen molar-refractivity contribution in [2.24, 2.45) is 5.92 Å². The number of aromatic hydroxyl groups is 1. The van der Waals surface area contributed by atoms with Crippen LogP contribution >= 0.6 is 11.3 Å². The lowest BCUT2D eigenvalue weighted by Gasteiger charge is -2.16. The Hall–Kier alpha value is -2.41. The first kappa shape index (κ1) is 16.4. The Kier molecular flexibility index (Phi) is 4.53. The third kappa shape index (κ3) is 3.41. The van der Waals surface area contributed by atoms with Crippen molar-refractivity contribution < 1.29 is 14.7 Å². The standard InChI is InChI=1S/C17H19N3O3S/c1-10(2)16(23)19-17-18-12(9-24-17)7-15(22)20-6-5-11-3-4-13(21)8-14(11)20/h3-4,8-10,21H,5-7H2,1-2H3,(H,18,19,23). The topological polar surface area (TPSA) is 82.5 Å². The molecule has 2 amide bonds. The number of thiazole rings is 1. The van der Waals surface area contributed by atoms with Gasteiger partial charge in [-0.3, -0.25) is 9.59 Å². The predicted molar refractivity (Wildman–Crippen MR) is 93.4 cm³/mol. The molecule has 0 saturated carbocycles. The molecule has 1 aliphatic heterocycles. The number of nitrogens with zero attached hydrogens (tertiary/aromatic N) is 2. The van der Waals surface area contributed by atoms with Crippen molar-refractivity contribution in [2.75, 3.05) is 16.8 Å². The van der Waals surface area contributed by atoms with E-state index in [1.807, 2.05) is 19.9 Å². The lowest BCUT2D eigenvalue weighted by atomic mass is 10.1. The van der Waals surface area contributed by atoms with Crippen LogP contribution in [0.15, 0.2) is 23.6 Å². The Morgan fingerprint density at radius 3 is 2.96 bits per heavy atom. The lowest BCUT2D eigenvalue weighted by molar-refractivity contribution is -0.119. The Morgan fingerprint density at radius 1 is 1.42 bits per heavy atom. The quantitative estimate of drug-likeness (QED) is 0.892. The summed E-state index contributed by atoms with van der Waals surface area (Å²) in [6, 6.07) is 5.10. The van der Waals surface area contributed by atoms with E-state index in [0.29, 0.717) is 17.4 Å². The number of aromatic nitrogens is 1. The van der Waals surface area contributed by atoms with Crippen LogP contribution in [-0.4, -0.2) is 28.4 Å². The largest absolute Gasteiger partial charge is 0.508 e. The van der Waals surface area contributed by atoms with E-state index in [9.17, 15) is 14.7 Å². The number of nitrogens with one attached hydrogen (secondary N) is 1. The second kappa shape index (κ2) is 6.60. The summed E-state index contributed by atoms with van der Waals surface area (Å²) in [6.07, 6.45) is 0.956. The molecule has 1 aromatic carbocycles. The first-order valence-electron chi connectivity index (χ1n) is 7.81. The van der Waals surface area contributed by atoms with Crippen LogP contribution in [0, 0.1) is 5.92 Å². The first-order chi connectivity index (χ1) is 11.4. The Morgan fingerprint density at radius 2 is 2.21 bits per heavy atom. The zero-order valence-electron chi connectivity index (χ0n) is 13.6. The number of amides is 2. The fraction of sp³-hybridized carbons (Fsp3) is 0.353. The van der Waals surface area contributed by atoms with Crippen LogP contribution in [0.2, 0.25) is 0 Å². The molecule has 0 radical (unpaired) electrons. The minimum Gasteiger partial charge on any atom is -0.508 e. The summed E-state index contributed by atoms with van der Waals surface area (Å²) >= 11 is 1.31. The average Bonchev–Trinajstić information content (AvgIpc) is 3.13. The summed E-state index contributed by atoms with van der Waals surface area (Å²) in [5.74, 6) is -0.119. The van der Waals surface area contributed by atoms with Gasteiger partial charge in [0, 0.05) is 23.9 Å². The predicted octanol–water partition coefficient (Wildman–Crippen LogP) is 2.58. The van der Waals surface area contributed by atoms with Crippen LogP contribution < -0.4 is 10.2 Å². The second-order valence-electron chi connectivity index (χ2n) is 6.07. The van der Waals surface area contributed by atoms with Gasteiger partial charge in [0.2, 0.25) is 11.8 Å². The van der Waals surface area contributed by atoms with E-state index in [0.717, 1.165) is 17.7 Å². The summed E-state index contributed by atoms with van der Waals surface area (Å²) in [5.41, 5.74) is 2.46. The van der Waals surface area contributed by atoms with Crippen molar-refractivity contribution in [2.45, 2.75) is 26.7 Å². The maximum absolute atomic E-state index is 12.6. The summed E-state index contributed by atoms with van der Waals surface area (Å²) in [5, 5.41) is 14.7. The number of rotatable bonds is 4. The molecule has 1 aromatic heterocycles. The van der Waals surface area contributed by atoms with Crippen molar-refractivity contribution >= 4 is 34.0 Å². The van der Waals surface area contributed by atoms with Crippen molar-refractivity contribution in [1.29, 1.82) is 0 Å². The number of hydrogen-bond acceptors (Lipinski definition) is 5. The average molecular weight is 345 g/mol. The van der Waals surface area contributed by atoms with Gasteiger partial charge in [-0.2, -0.15) is 0 Å². The Bertz CT molecular complexity index is 785. The van der Waals surface area contributed by atoms with E-state index in [1.165, 1.54) is 11.3 Å². The number of carbonyl (C=O) groups excluding carboxylic acids is 2. The third-order valence-corrected chi connectivity index (χ3v) is 4.71. The molecule has 24 heavy (non-hydrogen) atoms. The van der Waals surface area contributed by atoms with Gasteiger partial charge in [0.05, 0.1) is 17.8 Å². The number of carbonyl (C=O) groups is 2. The molecule has 2 aromatic rings. The van der Waals surface area contributed by atoms with Crippen LogP contribution in [-0.2, 0) is 22.4 Å². The smallest absolute Gasteiger partial charge is 0.233 e. The molecule has 126 valence electrons. The molecule has 7 heteroatoms. The van der Waals surface area contributed by atoms with Crippen LogP contribution in [0.25, 0.3) is 0 Å². The highest BCUT2D eigenvalue weighted by atomic mass is 32.1. The molecule has 0 fully saturated rings. The van der Waals surface area contributed by atoms with Gasteiger partial charge in [0.15, 0.2) is 5.13 Å². The van der Waals surface area contributed by atoms with Crippen molar-refractivity contribution in [3.05, 3.63) is 34.8 Å². The van der Waals surface area contributed by atoms with Crippen LogP contribution in [0.3, 0.4) is 0 Å². The Labute approximate surface area is 144 Å². The van der Waals surface area contributed by atoms with Gasteiger partial charge in [0.1, 0.15) is 5.75 Å². The van der Waals surface area contributed by atoms with Gasteiger partial charge in [-0.25, -0.2) is 4.98 Å². The molecule has 2 heterocycles. The molecule has 0 saturated heterocycles. The normalized spacial score (nSPS) is 13.2. The summed E-state index contributed by atoms with van der Waals surface area (Å²) in [4.78, 5) is 30.2. The maximum Gasteiger partial charge on any atom is 0.233 e. The number of phenols is 1. The van der Waals surface area contributed by atoms with E-state index >= 15 is 0 Å². The van der Waals surface area contributed by atoms with Crippen molar-refractivity contribution in [3.63, 3.8) is 0 Å². The van der Waals surface area contributed by atoms with Gasteiger partial charge in [0.25, 0.3) is 0 Å². The second-order valence-corrected chi connectivity index (χ2v) is 6.93. The van der Waals surface area contributed by atoms with E-state index in [2.05, 4.69) is 10.3 Å². The highest BCUT2D eigenvalue weighted by Gasteiger charge is 2.25. The van der Waals surface area contributed by atoms with Crippen molar-refractivity contribution in [1.82, 2.24) is 4.98 Å². The molecule has 0 aliphatic carbocycles. The summed E-state index contributed by atoms with van der Waals surface area (Å²) in [6.45, 7) is 4.24. The van der Waals surface area contributed by atoms with E-state index in [-0.39, 0.29) is 29.9 Å². The molecular formula is C17H19N3O3S. The molecule has 0 atom stereocenters. The SMILES string of the molecule is CC(C)C(=O)Nc1nc(CC(=O)N2CCc3ccc(O)cc32)cs1. The maximum atomic E-state index is 12.6. The highest BCUT2D eigenvalue weighted by molar-refractivity contribution is 7.13. The summed E-state index contributed by atoms with van der Waals surface area (Å²) in [7, 11) is 0. The van der Waals surface area contributed by atoms with Crippen molar-refractivity contribution in [3.8, 4) is 5.75 Å². The molecule has 0 spiro atoms. The number of phenolic OH excluding ortho intramolecular Hbond substituents is 1. The number of fused-ring (bicyclic) bond motifs is 1. The number of hydrogen-bond donors (Lipinski definition) is 2. The van der Waals surface area contributed by atoms with Crippen LogP contribution in [0.1, 0.15) is 25.1 Å². The lowest BCUT2D eigenvalue weighted by Crippen LogP contribution is -2.30. The van der Waals surface area contributed by atoms with Crippen LogP contribution in [0.4, 0.5) is 10.8 Å². The van der Waals surface area contributed by atoms with Gasteiger partial charge in [-0.15, -0.1) is 11.3 Å². The first-order valence-corrected chi connectivity index (χ1v) is 8.69. The zero-order chi connectivity index (χ0) is 17.3. The van der Waals surface area contributed by atoms with Gasteiger partial charge in [-0.1, -0.05) is 19.9 Å². The van der Waals surface area contributed by atoms with E-state index in [4.69, 9.17) is 0 Å². The third-order valence-electron chi connectivity index (χ3n) is 3.90. The minimum absolute atomic E-state index is 0.0635. The number of benzene rings is 1. The van der Waals surface area contributed by atoms with Crippen LogP contribution in [0.5, 0.6) is 5.75 Å². The van der Waals surface area contributed by atoms with E-state index < -0.39 is 0 Å². The van der Waals surface area contributed by atoms with Gasteiger partial charge in [-0.05, 0) is 18.1 Å². The molecule has 1 aliphatic rings. The van der Waals surface area contributed by atoms with Gasteiger partial charge >= 0.3 is 0 Å². The molecule has 6 nitrogen and oxygen atoms in total. The van der Waals surface area contributed by atoms with E-state index in [1.54, 1.807) is 22.4 Å². The Balaban J connectivity index is 1.68. The molecule has 3 rings (SSSR count). The monoisotopic (exact) mass is 345 g/mol. The molecule has 0 unspecified atom stereocenters.